The van der Waals surface area contributed by atoms with Crippen molar-refractivity contribution in [2.24, 2.45) is 0 Å². The SMILES string of the molecule is CCC(=O)NS(=O)(=O)CCCCCOC.[HH]. The lowest BCUT2D eigenvalue weighted by Crippen LogP contribution is -2.31. The Morgan fingerprint density at radius 1 is 1.33 bits per heavy atom. The molecule has 0 aromatic heterocycles. The van der Waals surface area contributed by atoms with Crippen LogP contribution in [-0.2, 0) is 19.6 Å². The number of ether oxygens (including phenoxy) is 1. The third kappa shape index (κ3) is 8.38. The van der Waals surface area contributed by atoms with Gasteiger partial charge in [0.2, 0.25) is 15.9 Å². The van der Waals surface area contributed by atoms with Gasteiger partial charge in [-0.1, -0.05) is 13.3 Å². The van der Waals surface area contributed by atoms with Crippen LogP contribution in [0.15, 0.2) is 0 Å². The molecule has 0 spiro atoms. The number of rotatable bonds is 8. The lowest BCUT2D eigenvalue weighted by molar-refractivity contribution is -0.119. The number of methoxy groups -OCH3 is 1. The molecule has 0 bridgehead atoms. The average Bonchev–Trinajstić information content (AvgIpc) is 2.16. The first-order chi connectivity index (χ1) is 7.02. The summed E-state index contributed by atoms with van der Waals surface area (Å²) in [6, 6.07) is 0. The molecule has 5 nitrogen and oxygen atoms in total. The summed E-state index contributed by atoms with van der Waals surface area (Å²) in [5, 5.41) is 0. The van der Waals surface area contributed by atoms with E-state index in [1.165, 1.54) is 0 Å². The number of amides is 1. The molecule has 92 valence electrons. The predicted octanol–water partition coefficient (Wildman–Crippen LogP) is 0.905. The van der Waals surface area contributed by atoms with Gasteiger partial charge in [0.05, 0.1) is 5.75 Å². The number of sulfonamides is 1. The summed E-state index contributed by atoms with van der Waals surface area (Å²) in [7, 11) is -1.81. The smallest absolute Gasteiger partial charge is 0.234 e. The highest BCUT2D eigenvalue weighted by Crippen LogP contribution is 1.99. The van der Waals surface area contributed by atoms with Crippen molar-refractivity contribution in [3.8, 4) is 0 Å². The van der Waals surface area contributed by atoms with Gasteiger partial charge < -0.3 is 4.74 Å². The molecule has 0 aromatic rings. The predicted molar refractivity (Wildman–Crippen MR) is 60.1 cm³/mol. The van der Waals surface area contributed by atoms with E-state index in [1.54, 1.807) is 14.0 Å². The van der Waals surface area contributed by atoms with Crippen LogP contribution in [0.5, 0.6) is 0 Å². The molecule has 0 saturated carbocycles. The Morgan fingerprint density at radius 2 is 2.00 bits per heavy atom. The summed E-state index contributed by atoms with van der Waals surface area (Å²) in [6.07, 6.45) is 2.36. The van der Waals surface area contributed by atoms with Gasteiger partial charge in [-0.15, -0.1) is 0 Å². The molecule has 0 atom stereocenters. The number of hydrogen-bond acceptors (Lipinski definition) is 4. The zero-order chi connectivity index (χ0) is 11.7. The van der Waals surface area contributed by atoms with Gasteiger partial charge in [0.25, 0.3) is 0 Å². The van der Waals surface area contributed by atoms with Crippen molar-refractivity contribution >= 4 is 15.9 Å². The normalized spacial score (nSPS) is 11.3. The van der Waals surface area contributed by atoms with Gasteiger partial charge in [-0.3, -0.25) is 9.52 Å². The molecule has 0 aliphatic heterocycles. The van der Waals surface area contributed by atoms with Crippen molar-refractivity contribution in [3.63, 3.8) is 0 Å². The highest BCUT2D eigenvalue weighted by atomic mass is 32.2. The van der Waals surface area contributed by atoms with Crippen molar-refractivity contribution in [1.82, 2.24) is 4.72 Å². The average molecular weight is 239 g/mol. The fourth-order valence-electron chi connectivity index (χ4n) is 1.01. The first-order valence-corrected chi connectivity index (χ1v) is 6.69. The van der Waals surface area contributed by atoms with Crippen LogP contribution in [0.25, 0.3) is 0 Å². The summed E-state index contributed by atoms with van der Waals surface area (Å²) in [4.78, 5) is 10.9. The second kappa shape index (κ2) is 7.64. The Bertz CT molecular complexity index is 279. The Morgan fingerprint density at radius 3 is 2.53 bits per heavy atom. The summed E-state index contributed by atoms with van der Waals surface area (Å²) < 4.78 is 29.4. The van der Waals surface area contributed by atoms with Crippen LogP contribution in [-0.4, -0.2) is 33.8 Å². The maximum atomic E-state index is 11.3. The van der Waals surface area contributed by atoms with Gasteiger partial charge in [-0.25, -0.2) is 8.42 Å². The Balaban J connectivity index is 0. The second-order valence-corrected chi connectivity index (χ2v) is 5.09. The number of carbonyl (C=O) groups excluding carboxylic acids is 1. The molecule has 0 unspecified atom stereocenters. The zero-order valence-electron chi connectivity index (χ0n) is 9.28. The third-order valence-electron chi connectivity index (χ3n) is 1.85. The fourth-order valence-corrected chi connectivity index (χ4v) is 2.19. The van der Waals surface area contributed by atoms with E-state index in [1.807, 2.05) is 4.72 Å². The molecule has 0 aliphatic rings. The summed E-state index contributed by atoms with van der Waals surface area (Å²) >= 11 is 0. The van der Waals surface area contributed by atoms with Crippen LogP contribution in [0.3, 0.4) is 0 Å². The van der Waals surface area contributed by atoms with E-state index >= 15 is 0 Å². The van der Waals surface area contributed by atoms with E-state index in [4.69, 9.17) is 4.74 Å². The highest BCUT2D eigenvalue weighted by molar-refractivity contribution is 7.90. The van der Waals surface area contributed by atoms with Crippen LogP contribution >= 0.6 is 0 Å². The first kappa shape index (κ1) is 14.4. The minimum Gasteiger partial charge on any atom is -0.385 e. The van der Waals surface area contributed by atoms with Gasteiger partial charge in [0, 0.05) is 21.6 Å². The van der Waals surface area contributed by atoms with Crippen LogP contribution < -0.4 is 4.72 Å². The molecule has 15 heavy (non-hydrogen) atoms. The number of nitrogens with one attached hydrogen (secondary N) is 1. The second-order valence-electron chi connectivity index (χ2n) is 3.25. The first-order valence-electron chi connectivity index (χ1n) is 5.04. The molecule has 0 aromatic carbocycles. The van der Waals surface area contributed by atoms with Crippen molar-refractivity contribution in [2.45, 2.75) is 32.6 Å². The van der Waals surface area contributed by atoms with E-state index in [2.05, 4.69) is 0 Å². The molecular formula is C9H21NO4S. The molecule has 0 aliphatic carbocycles. The highest BCUT2D eigenvalue weighted by Gasteiger charge is 2.12. The molecule has 6 heteroatoms. The van der Waals surface area contributed by atoms with Crippen LogP contribution in [0.1, 0.15) is 34.0 Å². The molecule has 0 rings (SSSR count). The van der Waals surface area contributed by atoms with Crippen LogP contribution in [0.4, 0.5) is 0 Å². The maximum absolute atomic E-state index is 11.3. The Hall–Kier alpha value is -0.620. The largest absolute Gasteiger partial charge is 0.385 e. The standard InChI is InChI=1S/C9H19NO4S.H2/c1-3-9(11)10-15(12,13)8-6-4-5-7-14-2;/h3-8H2,1-2H3,(H,10,11);1H. The maximum Gasteiger partial charge on any atom is 0.234 e. The van der Waals surface area contributed by atoms with Crippen LogP contribution in [0, 0.1) is 0 Å². The molecule has 0 fully saturated rings. The number of unbranched alkanes of at least 4 members (excludes halogenated alkanes) is 2. The van der Waals surface area contributed by atoms with Crippen molar-refractivity contribution in [1.29, 1.82) is 0 Å². The minimum atomic E-state index is -3.42. The molecule has 1 N–H and O–H groups in total. The van der Waals surface area contributed by atoms with E-state index in [0.29, 0.717) is 13.0 Å². The molecule has 0 radical (unpaired) electrons. The van der Waals surface area contributed by atoms with Gasteiger partial charge in [0.15, 0.2) is 0 Å². The molecule has 0 saturated heterocycles. The molecule has 1 amide bonds. The summed E-state index contributed by atoms with van der Waals surface area (Å²) in [6.45, 7) is 2.25. The van der Waals surface area contributed by atoms with Gasteiger partial charge >= 0.3 is 0 Å². The number of hydrogen-bond donors (Lipinski definition) is 1. The van der Waals surface area contributed by atoms with E-state index in [0.717, 1.165) is 12.8 Å². The van der Waals surface area contributed by atoms with Crippen molar-refractivity contribution in [2.75, 3.05) is 19.5 Å². The van der Waals surface area contributed by atoms with Crippen molar-refractivity contribution in [3.05, 3.63) is 0 Å². The fraction of sp³-hybridized carbons (Fsp3) is 0.889. The van der Waals surface area contributed by atoms with E-state index in [-0.39, 0.29) is 13.6 Å². The topological polar surface area (TPSA) is 72.5 Å². The molecule has 0 heterocycles. The lowest BCUT2D eigenvalue weighted by Gasteiger charge is -2.05. The monoisotopic (exact) mass is 239 g/mol. The van der Waals surface area contributed by atoms with Gasteiger partial charge in [0.1, 0.15) is 0 Å². The number of carbonyl (C=O) groups is 1. The summed E-state index contributed by atoms with van der Waals surface area (Å²) in [5.74, 6) is -0.450. The van der Waals surface area contributed by atoms with E-state index < -0.39 is 15.9 Å². The Labute approximate surface area is 92.7 Å². The third-order valence-corrected chi connectivity index (χ3v) is 3.22. The quantitative estimate of drug-likeness (QED) is 0.639. The van der Waals surface area contributed by atoms with Gasteiger partial charge in [-0.05, 0) is 12.8 Å². The van der Waals surface area contributed by atoms with Gasteiger partial charge in [-0.2, -0.15) is 0 Å². The Kier molecular flexibility index (Phi) is 7.33. The van der Waals surface area contributed by atoms with Crippen LogP contribution in [0.2, 0.25) is 0 Å². The zero-order valence-corrected chi connectivity index (χ0v) is 10.1. The van der Waals surface area contributed by atoms with E-state index in [9.17, 15) is 13.2 Å². The molecular weight excluding hydrogens is 218 g/mol. The van der Waals surface area contributed by atoms with Crippen molar-refractivity contribution < 1.29 is 19.4 Å². The lowest BCUT2D eigenvalue weighted by atomic mass is 10.3. The summed E-state index contributed by atoms with van der Waals surface area (Å²) in [5.41, 5.74) is 0. The minimum absolute atomic E-state index is 0.